The molecule has 1 heterocycles. The summed E-state index contributed by atoms with van der Waals surface area (Å²) >= 11 is 0. The van der Waals surface area contributed by atoms with Crippen molar-refractivity contribution in [2.45, 2.75) is 32.5 Å². The third-order valence-corrected chi connectivity index (χ3v) is 3.16. The number of aliphatic imine (C=N–C) groups is 1. The van der Waals surface area contributed by atoms with E-state index in [4.69, 9.17) is 4.74 Å². The van der Waals surface area contributed by atoms with Crippen molar-refractivity contribution in [3.05, 3.63) is 35.4 Å². The minimum Gasteiger partial charge on any atom is -0.478 e. The van der Waals surface area contributed by atoms with Gasteiger partial charge in [0.15, 0.2) is 5.90 Å². The first-order valence-corrected chi connectivity index (χ1v) is 6.22. The quantitative estimate of drug-likeness (QED) is 0.821. The van der Waals surface area contributed by atoms with Gasteiger partial charge < -0.3 is 4.74 Å². The lowest BCUT2D eigenvalue weighted by Crippen LogP contribution is -2.13. The van der Waals surface area contributed by atoms with Crippen LogP contribution in [0.4, 0.5) is 13.2 Å². The van der Waals surface area contributed by atoms with Crippen molar-refractivity contribution in [2.75, 3.05) is 6.61 Å². The van der Waals surface area contributed by atoms with Crippen LogP contribution in [-0.4, -0.2) is 18.5 Å². The van der Waals surface area contributed by atoms with Crippen LogP contribution < -0.4 is 0 Å². The molecular weight excluding hydrogens is 255 g/mol. The van der Waals surface area contributed by atoms with E-state index in [0.29, 0.717) is 18.4 Å². The zero-order chi connectivity index (χ0) is 14.0. The molecule has 1 aliphatic heterocycles. The molecule has 104 valence electrons. The van der Waals surface area contributed by atoms with Crippen molar-refractivity contribution in [3.63, 3.8) is 0 Å². The molecule has 2 rings (SSSR count). The SMILES string of the molecule is CC(C)[C@H]1COC(Cc2ccccc2C(F)(F)F)=N1. The van der Waals surface area contributed by atoms with Crippen molar-refractivity contribution >= 4 is 5.90 Å². The Morgan fingerprint density at radius 2 is 2.00 bits per heavy atom. The van der Waals surface area contributed by atoms with Crippen LogP contribution in [0, 0.1) is 5.92 Å². The van der Waals surface area contributed by atoms with Gasteiger partial charge in [0.05, 0.1) is 11.6 Å². The van der Waals surface area contributed by atoms with Crippen LogP contribution in [0.2, 0.25) is 0 Å². The Balaban J connectivity index is 2.19. The van der Waals surface area contributed by atoms with Gasteiger partial charge in [0, 0.05) is 6.42 Å². The highest BCUT2D eigenvalue weighted by molar-refractivity contribution is 5.80. The highest BCUT2D eigenvalue weighted by Gasteiger charge is 2.33. The fraction of sp³-hybridized carbons (Fsp3) is 0.500. The highest BCUT2D eigenvalue weighted by atomic mass is 19.4. The maximum atomic E-state index is 12.8. The highest BCUT2D eigenvalue weighted by Crippen LogP contribution is 2.32. The van der Waals surface area contributed by atoms with E-state index in [2.05, 4.69) is 4.99 Å². The van der Waals surface area contributed by atoms with E-state index in [9.17, 15) is 13.2 Å². The minimum atomic E-state index is -4.34. The molecule has 0 radical (unpaired) electrons. The Labute approximate surface area is 110 Å². The molecule has 0 aromatic heterocycles. The summed E-state index contributed by atoms with van der Waals surface area (Å²) in [5, 5.41) is 0. The summed E-state index contributed by atoms with van der Waals surface area (Å²) in [4.78, 5) is 4.33. The second kappa shape index (κ2) is 5.23. The van der Waals surface area contributed by atoms with Gasteiger partial charge in [-0.3, -0.25) is 0 Å². The lowest BCUT2D eigenvalue weighted by molar-refractivity contribution is -0.138. The summed E-state index contributed by atoms with van der Waals surface area (Å²) < 4.78 is 43.9. The standard InChI is InChI=1S/C14H16F3NO/c1-9(2)12-8-19-13(18-12)7-10-5-3-4-6-11(10)14(15,16)17/h3-6,9,12H,7-8H2,1-2H3/t12-/m1/s1. The minimum absolute atomic E-state index is 0.0491. The van der Waals surface area contributed by atoms with Crippen molar-refractivity contribution in [3.8, 4) is 0 Å². The molecule has 1 aliphatic rings. The predicted octanol–water partition coefficient (Wildman–Crippen LogP) is 3.70. The normalized spacial score (nSPS) is 19.5. The lowest BCUT2D eigenvalue weighted by atomic mass is 10.0. The molecule has 0 unspecified atom stereocenters. The van der Waals surface area contributed by atoms with Crippen molar-refractivity contribution in [2.24, 2.45) is 10.9 Å². The molecule has 0 amide bonds. The topological polar surface area (TPSA) is 21.6 Å². The van der Waals surface area contributed by atoms with Gasteiger partial charge in [0.2, 0.25) is 0 Å². The predicted molar refractivity (Wildman–Crippen MR) is 67.2 cm³/mol. The summed E-state index contributed by atoms with van der Waals surface area (Å²) in [5.74, 6) is 0.728. The zero-order valence-electron chi connectivity index (χ0n) is 10.9. The Morgan fingerprint density at radius 1 is 1.32 bits per heavy atom. The molecule has 0 N–H and O–H groups in total. The van der Waals surface area contributed by atoms with Crippen molar-refractivity contribution in [1.82, 2.24) is 0 Å². The van der Waals surface area contributed by atoms with Gasteiger partial charge in [-0.2, -0.15) is 13.2 Å². The number of hydrogen-bond donors (Lipinski definition) is 0. The zero-order valence-corrected chi connectivity index (χ0v) is 10.9. The second-order valence-corrected chi connectivity index (χ2v) is 4.98. The van der Waals surface area contributed by atoms with Gasteiger partial charge in [-0.15, -0.1) is 0 Å². The number of benzene rings is 1. The first-order chi connectivity index (χ1) is 8.88. The molecule has 19 heavy (non-hydrogen) atoms. The number of ether oxygens (including phenoxy) is 1. The van der Waals surface area contributed by atoms with E-state index >= 15 is 0 Å². The third kappa shape index (κ3) is 3.28. The van der Waals surface area contributed by atoms with E-state index in [0.717, 1.165) is 6.07 Å². The van der Waals surface area contributed by atoms with Crippen LogP contribution in [-0.2, 0) is 17.3 Å². The maximum absolute atomic E-state index is 12.8. The van der Waals surface area contributed by atoms with Crippen molar-refractivity contribution < 1.29 is 17.9 Å². The third-order valence-electron chi connectivity index (χ3n) is 3.16. The summed E-state index contributed by atoms with van der Waals surface area (Å²) in [6, 6.07) is 5.59. The lowest BCUT2D eigenvalue weighted by Gasteiger charge is -2.12. The fourth-order valence-electron chi connectivity index (χ4n) is 1.99. The molecule has 1 aromatic carbocycles. The number of halogens is 3. The summed E-state index contributed by atoms with van der Waals surface area (Å²) in [6.45, 7) is 4.50. The van der Waals surface area contributed by atoms with Crippen molar-refractivity contribution in [1.29, 1.82) is 0 Å². The van der Waals surface area contributed by atoms with Gasteiger partial charge in [-0.1, -0.05) is 32.0 Å². The monoisotopic (exact) mass is 271 g/mol. The Hall–Kier alpha value is -1.52. The van der Waals surface area contributed by atoms with Crippen LogP contribution in [0.5, 0.6) is 0 Å². The van der Waals surface area contributed by atoms with Gasteiger partial charge in [-0.25, -0.2) is 4.99 Å². The van der Waals surface area contributed by atoms with Gasteiger partial charge in [0.25, 0.3) is 0 Å². The molecular formula is C14H16F3NO. The van der Waals surface area contributed by atoms with Crippen LogP contribution >= 0.6 is 0 Å². The first-order valence-electron chi connectivity index (χ1n) is 6.22. The Kier molecular flexibility index (Phi) is 3.83. The van der Waals surface area contributed by atoms with E-state index in [1.807, 2.05) is 13.8 Å². The average Bonchev–Trinajstić information content (AvgIpc) is 2.77. The molecule has 0 saturated carbocycles. The van der Waals surface area contributed by atoms with Crippen LogP contribution in [0.15, 0.2) is 29.3 Å². The smallest absolute Gasteiger partial charge is 0.416 e. The van der Waals surface area contributed by atoms with Crippen LogP contribution in [0.25, 0.3) is 0 Å². The number of hydrogen-bond acceptors (Lipinski definition) is 2. The molecule has 1 atom stereocenters. The average molecular weight is 271 g/mol. The molecule has 0 aliphatic carbocycles. The maximum Gasteiger partial charge on any atom is 0.416 e. The molecule has 2 nitrogen and oxygen atoms in total. The molecule has 5 heteroatoms. The molecule has 1 aromatic rings. The Morgan fingerprint density at radius 3 is 2.58 bits per heavy atom. The molecule has 0 bridgehead atoms. The van der Waals surface area contributed by atoms with Gasteiger partial charge in [0.1, 0.15) is 6.61 Å². The molecule has 0 saturated heterocycles. The van der Waals surface area contributed by atoms with E-state index in [1.165, 1.54) is 12.1 Å². The largest absolute Gasteiger partial charge is 0.478 e. The first kappa shape index (κ1) is 13.9. The van der Waals surface area contributed by atoms with E-state index in [1.54, 1.807) is 6.07 Å². The van der Waals surface area contributed by atoms with Crippen LogP contribution in [0.1, 0.15) is 25.0 Å². The fourth-order valence-corrected chi connectivity index (χ4v) is 1.99. The molecule has 0 spiro atoms. The number of rotatable bonds is 3. The second-order valence-electron chi connectivity index (χ2n) is 4.98. The van der Waals surface area contributed by atoms with Gasteiger partial charge >= 0.3 is 6.18 Å². The Bertz CT molecular complexity index is 480. The summed E-state index contributed by atoms with van der Waals surface area (Å²) in [5.41, 5.74) is -0.410. The van der Waals surface area contributed by atoms with E-state index in [-0.39, 0.29) is 18.0 Å². The summed E-state index contributed by atoms with van der Waals surface area (Å²) in [7, 11) is 0. The number of alkyl halides is 3. The number of nitrogens with zero attached hydrogens (tertiary/aromatic N) is 1. The van der Waals surface area contributed by atoms with E-state index < -0.39 is 11.7 Å². The summed E-state index contributed by atoms with van der Waals surface area (Å²) in [6.07, 6.45) is -4.24. The molecule has 0 fully saturated rings. The van der Waals surface area contributed by atoms with Gasteiger partial charge in [-0.05, 0) is 17.5 Å². The van der Waals surface area contributed by atoms with Crippen LogP contribution in [0.3, 0.4) is 0 Å².